The fraction of sp³-hybridized carbons (Fsp3) is 0.429. The van der Waals surface area contributed by atoms with Gasteiger partial charge in [0.25, 0.3) is 11.6 Å². The number of ether oxygens (including phenoxy) is 1. The Morgan fingerprint density at radius 1 is 1.10 bits per heavy atom. The third kappa shape index (κ3) is 5.12. The molecule has 9 nitrogen and oxygen atoms in total. The number of hydrogen-bond acceptors (Lipinski definition) is 7. The van der Waals surface area contributed by atoms with E-state index in [1.165, 1.54) is 6.07 Å². The average Bonchev–Trinajstić information content (AvgIpc) is 2.81. The molecule has 0 aliphatic carbocycles. The fourth-order valence-electron chi connectivity index (χ4n) is 3.90. The first-order chi connectivity index (χ1) is 15.0. The minimum atomic E-state index is -0.407. The summed E-state index contributed by atoms with van der Waals surface area (Å²) >= 11 is 5.89. The van der Waals surface area contributed by atoms with Gasteiger partial charge >= 0.3 is 0 Å². The molecule has 2 saturated heterocycles. The maximum atomic E-state index is 12.7. The SMILES string of the molecule is O=C(c1ccc(N2CCN(Cc3ccc(Cl)cn3)CC2)c([N+](=O)[O-])c1)N1CCOCC1. The molecule has 164 valence electrons. The molecule has 2 aliphatic rings. The Balaban J connectivity index is 1.43. The zero-order valence-electron chi connectivity index (χ0n) is 17.1. The molecule has 0 bridgehead atoms. The third-order valence-electron chi connectivity index (χ3n) is 5.60. The zero-order valence-corrected chi connectivity index (χ0v) is 17.8. The molecule has 1 aromatic heterocycles. The van der Waals surface area contributed by atoms with E-state index in [0.29, 0.717) is 62.2 Å². The number of aromatic nitrogens is 1. The van der Waals surface area contributed by atoms with Crippen LogP contribution in [0.15, 0.2) is 36.5 Å². The molecule has 0 spiro atoms. The van der Waals surface area contributed by atoms with Gasteiger partial charge in [-0.05, 0) is 24.3 Å². The number of nitro benzene ring substituents is 1. The smallest absolute Gasteiger partial charge is 0.293 e. The van der Waals surface area contributed by atoms with Crippen molar-refractivity contribution in [2.75, 3.05) is 57.4 Å². The van der Waals surface area contributed by atoms with E-state index >= 15 is 0 Å². The number of carbonyl (C=O) groups is 1. The maximum absolute atomic E-state index is 12.7. The second-order valence-electron chi connectivity index (χ2n) is 7.60. The van der Waals surface area contributed by atoms with Crippen LogP contribution < -0.4 is 4.90 Å². The summed E-state index contributed by atoms with van der Waals surface area (Å²) in [4.78, 5) is 34.3. The minimum absolute atomic E-state index is 0.0353. The summed E-state index contributed by atoms with van der Waals surface area (Å²) in [6.45, 7) is 5.52. The Kier molecular flexibility index (Phi) is 6.64. The van der Waals surface area contributed by atoms with Crippen molar-refractivity contribution >= 4 is 28.9 Å². The van der Waals surface area contributed by atoms with Crippen LogP contribution >= 0.6 is 11.6 Å². The molecule has 2 aliphatic heterocycles. The molecule has 1 amide bonds. The normalized spacial score (nSPS) is 17.6. The highest BCUT2D eigenvalue weighted by Crippen LogP contribution is 2.31. The zero-order chi connectivity index (χ0) is 21.8. The van der Waals surface area contributed by atoms with E-state index in [9.17, 15) is 14.9 Å². The largest absolute Gasteiger partial charge is 0.378 e. The molecule has 2 aromatic rings. The van der Waals surface area contributed by atoms with Gasteiger partial charge in [-0.1, -0.05) is 11.6 Å². The molecule has 0 saturated carbocycles. The van der Waals surface area contributed by atoms with E-state index in [1.54, 1.807) is 23.2 Å². The Labute approximate surface area is 185 Å². The van der Waals surface area contributed by atoms with Crippen LogP contribution in [0.25, 0.3) is 0 Å². The number of nitro groups is 1. The van der Waals surface area contributed by atoms with Gasteiger partial charge in [-0.3, -0.25) is 24.8 Å². The number of morpholine rings is 1. The standard InChI is InChI=1S/C21H24ClN5O4/c22-17-2-3-18(23-14-17)15-24-5-7-25(8-6-24)19-4-1-16(13-20(19)27(29)30)21(28)26-9-11-31-12-10-26/h1-4,13-14H,5-12,15H2. The molecule has 1 aromatic carbocycles. The second-order valence-corrected chi connectivity index (χ2v) is 8.03. The number of halogens is 1. The topological polar surface area (TPSA) is 92.0 Å². The summed E-state index contributed by atoms with van der Waals surface area (Å²) in [5.41, 5.74) is 1.79. The van der Waals surface area contributed by atoms with Gasteiger partial charge in [0.05, 0.1) is 28.9 Å². The van der Waals surface area contributed by atoms with Crippen molar-refractivity contribution in [2.24, 2.45) is 0 Å². The predicted octanol–water partition coefficient (Wildman–Crippen LogP) is 2.44. The lowest BCUT2D eigenvalue weighted by Gasteiger charge is -2.35. The highest BCUT2D eigenvalue weighted by molar-refractivity contribution is 6.30. The Hall–Kier alpha value is -2.75. The summed E-state index contributed by atoms with van der Waals surface area (Å²) < 4.78 is 5.27. The van der Waals surface area contributed by atoms with Crippen LogP contribution in [0.3, 0.4) is 0 Å². The van der Waals surface area contributed by atoms with Crippen molar-refractivity contribution in [1.29, 1.82) is 0 Å². The molecule has 0 atom stereocenters. The van der Waals surface area contributed by atoms with Crippen molar-refractivity contribution in [3.63, 3.8) is 0 Å². The number of carbonyl (C=O) groups excluding carboxylic acids is 1. The number of hydrogen-bond donors (Lipinski definition) is 0. The summed E-state index contributed by atoms with van der Waals surface area (Å²) in [6.07, 6.45) is 1.64. The predicted molar refractivity (Wildman–Crippen MR) is 117 cm³/mol. The Morgan fingerprint density at radius 2 is 1.84 bits per heavy atom. The molecule has 10 heteroatoms. The monoisotopic (exact) mass is 445 g/mol. The number of amides is 1. The van der Waals surface area contributed by atoms with Crippen LogP contribution in [0, 0.1) is 10.1 Å². The van der Waals surface area contributed by atoms with Gasteiger partial charge in [-0.25, -0.2) is 0 Å². The summed E-state index contributed by atoms with van der Waals surface area (Å²) in [5.74, 6) is -0.196. The lowest BCUT2D eigenvalue weighted by molar-refractivity contribution is -0.384. The molecule has 0 unspecified atom stereocenters. The molecule has 31 heavy (non-hydrogen) atoms. The van der Waals surface area contributed by atoms with Crippen LogP contribution in [-0.4, -0.2) is 78.1 Å². The van der Waals surface area contributed by atoms with Crippen LogP contribution in [0.1, 0.15) is 16.1 Å². The summed E-state index contributed by atoms with van der Waals surface area (Å²) in [7, 11) is 0. The van der Waals surface area contributed by atoms with Gasteiger partial charge in [0.1, 0.15) is 5.69 Å². The quantitative estimate of drug-likeness (QED) is 0.515. The average molecular weight is 446 g/mol. The van der Waals surface area contributed by atoms with Crippen molar-refractivity contribution < 1.29 is 14.5 Å². The number of nitrogens with zero attached hydrogens (tertiary/aromatic N) is 5. The molecule has 3 heterocycles. The van der Waals surface area contributed by atoms with Crippen molar-refractivity contribution in [1.82, 2.24) is 14.8 Å². The highest BCUT2D eigenvalue weighted by Gasteiger charge is 2.27. The number of piperazine rings is 1. The van der Waals surface area contributed by atoms with Crippen molar-refractivity contribution in [3.05, 3.63) is 62.9 Å². The molecule has 0 radical (unpaired) electrons. The van der Waals surface area contributed by atoms with E-state index in [0.717, 1.165) is 18.8 Å². The van der Waals surface area contributed by atoms with E-state index in [4.69, 9.17) is 16.3 Å². The number of anilines is 1. The maximum Gasteiger partial charge on any atom is 0.293 e. The summed E-state index contributed by atoms with van der Waals surface area (Å²) in [6, 6.07) is 8.51. The van der Waals surface area contributed by atoms with Crippen molar-refractivity contribution in [3.8, 4) is 0 Å². The van der Waals surface area contributed by atoms with Crippen LogP contribution in [0.4, 0.5) is 11.4 Å². The first kappa shape index (κ1) is 21.5. The summed E-state index contributed by atoms with van der Waals surface area (Å²) in [5, 5.41) is 12.4. The highest BCUT2D eigenvalue weighted by atomic mass is 35.5. The van der Waals surface area contributed by atoms with Gasteiger partial charge in [-0.2, -0.15) is 0 Å². The number of rotatable bonds is 5. The van der Waals surface area contributed by atoms with Gasteiger partial charge in [-0.15, -0.1) is 0 Å². The fourth-order valence-corrected chi connectivity index (χ4v) is 4.01. The minimum Gasteiger partial charge on any atom is -0.378 e. The molecule has 4 rings (SSSR count). The van der Waals surface area contributed by atoms with Crippen LogP contribution in [0.5, 0.6) is 0 Å². The molecule has 0 N–H and O–H groups in total. The lowest BCUT2D eigenvalue weighted by Crippen LogP contribution is -2.46. The van der Waals surface area contributed by atoms with Crippen LogP contribution in [-0.2, 0) is 11.3 Å². The van der Waals surface area contributed by atoms with E-state index in [1.807, 2.05) is 17.0 Å². The Bertz CT molecular complexity index is 941. The van der Waals surface area contributed by atoms with Gasteiger partial charge in [0.2, 0.25) is 0 Å². The van der Waals surface area contributed by atoms with Crippen molar-refractivity contribution in [2.45, 2.75) is 6.54 Å². The van der Waals surface area contributed by atoms with Gasteiger partial charge in [0.15, 0.2) is 0 Å². The molecular weight excluding hydrogens is 422 g/mol. The number of benzene rings is 1. The van der Waals surface area contributed by atoms with E-state index < -0.39 is 4.92 Å². The van der Waals surface area contributed by atoms with Gasteiger partial charge in [0, 0.05) is 63.6 Å². The van der Waals surface area contributed by atoms with E-state index in [-0.39, 0.29) is 11.6 Å². The molecular formula is C21H24ClN5O4. The first-order valence-electron chi connectivity index (χ1n) is 10.2. The second kappa shape index (κ2) is 9.59. The Morgan fingerprint density at radius 3 is 2.48 bits per heavy atom. The van der Waals surface area contributed by atoms with Gasteiger partial charge < -0.3 is 14.5 Å². The van der Waals surface area contributed by atoms with Crippen LogP contribution in [0.2, 0.25) is 5.02 Å². The molecule has 2 fully saturated rings. The number of pyridine rings is 1. The third-order valence-corrected chi connectivity index (χ3v) is 5.83. The van der Waals surface area contributed by atoms with E-state index in [2.05, 4.69) is 9.88 Å². The first-order valence-corrected chi connectivity index (χ1v) is 10.6. The lowest BCUT2D eigenvalue weighted by atomic mass is 10.1.